The maximum absolute atomic E-state index is 14.2. The van der Waals surface area contributed by atoms with E-state index in [-0.39, 0.29) is 10.6 Å². The van der Waals surface area contributed by atoms with Gasteiger partial charge in [0, 0.05) is 10.0 Å². The van der Waals surface area contributed by atoms with Gasteiger partial charge in [-0.25, -0.2) is 4.39 Å². The average Bonchev–Trinajstić information content (AvgIpc) is 2.47. The highest BCUT2D eigenvalue weighted by Gasteiger charge is 2.17. The summed E-state index contributed by atoms with van der Waals surface area (Å²) in [5.74, 6) is -0.212. The minimum Gasteiger partial charge on any atom is -0.207 e. The van der Waals surface area contributed by atoms with Gasteiger partial charge in [0.25, 0.3) is 0 Å². The first-order chi connectivity index (χ1) is 10.1. The van der Waals surface area contributed by atoms with Gasteiger partial charge in [0.1, 0.15) is 5.82 Å². The number of rotatable bonds is 2. The molecule has 3 aromatic carbocycles. The first-order valence-electron chi connectivity index (χ1n) is 6.65. The Kier molecular flexibility index (Phi) is 4.14. The van der Waals surface area contributed by atoms with Gasteiger partial charge in [-0.2, -0.15) is 0 Å². The lowest BCUT2D eigenvalue weighted by Gasteiger charge is -2.16. The molecular weight excluding hydrogens is 395 g/mol. The number of alkyl halides is 1. The molecule has 3 aromatic rings. The standard InChI is InChI=1S/C18H13Br2F/c1-11-6-8-15(14-5-3-2-4-13(11)14)18(20)16-9-7-12(19)10-17(16)21/h2-10,18H,1H3. The van der Waals surface area contributed by atoms with E-state index in [1.54, 1.807) is 0 Å². The van der Waals surface area contributed by atoms with E-state index >= 15 is 0 Å². The van der Waals surface area contributed by atoms with Crippen molar-refractivity contribution in [3.63, 3.8) is 0 Å². The summed E-state index contributed by atoms with van der Waals surface area (Å²) in [6, 6.07) is 17.6. The monoisotopic (exact) mass is 406 g/mol. The molecule has 0 saturated heterocycles. The zero-order valence-electron chi connectivity index (χ0n) is 11.4. The molecule has 0 aliphatic rings. The summed E-state index contributed by atoms with van der Waals surface area (Å²) in [4.78, 5) is -0.170. The maximum atomic E-state index is 14.2. The van der Waals surface area contributed by atoms with Crippen LogP contribution >= 0.6 is 31.9 Å². The molecule has 0 nitrogen and oxygen atoms in total. The predicted octanol–water partition coefficient (Wildman–Crippen LogP) is 6.53. The third-order valence-electron chi connectivity index (χ3n) is 3.68. The smallest absolute Gasteiger partial charge is 0.129 e. The fourth-order valence-corrected chi connectivity index (χ4v) is 3.67. The first kappa shape index (κ1) is 14.7. The highest BCUT2D eigenvalue weighted by atomic mass is 79.9. The van der Waals surface area contributed by atoms with E-state index in [9.17, 15) is 4.39 Å². The third kappa shape index (κ3) is 2.77. The molecule has 0 saturated carbocycles. The molecule has 0 aliphatic carbocycles. The molecule has 0 heterocycles. The van der Waals surface area contributed by atoms with Crippen molar-refractivity contribution in [2.45, 2.75) is 11.8 Å². The minimum absolute atomic E-state index is 0.170. The SMILES string of the molecule is Cc1ccc(C(Br)c2ccc(Br)cc2F)c2ccccc12. The minimum atomic E-state index is -0.212. The van der Waals surface area contributed by atoms with E-state index < -0.39 is 0 Å². The molecule has 0 aromatic heterocycles. The van der Waals surface area contributed by atoms with Crippen LogP contribution in [0.25, 0.3) is 10.8 Å². The van der Waals surface area contributed by atoms with Gasteiger partial charge >= 0.3 is 0 Å². The Morgan fingerprint density at radius 2 is 1.57 bits per heavy atom. The van der Waals surface area contributed by atoms with E-state index in [0.717, 1.165) is 15.4 Å². The highest BCUT2D eigenvalue weighted by molar-refractivity contribution is 9.10. The van der Waals surface area contributed by atoms with Gasteiger partial charge in [-0.05, 0) is 41.0 Å². The van der Waals surface area contributed by atoms with Crippen LogP contribution in [-0.2, 0) is 0 Å². The van der Waals surface area contributed by atoms with E-state index in [1.165, 1.54) is 17.0 Å². The topological polar surface area (TPSA) is 0 Å². The van der Waals surface area contributed by atoms with Gasteiger partial charge < -0.3 is 0 Å². The fraction of sp³-hybridized carbons (Fsp3) is 0.111. The van der Waals surface area contributed by atoms with Crippen LogP contribution in [0.5, 0.6) is 0 Å². The summed E-state index contributed by atoms with van der Waals surface area (Å²) in [7, 11) is 0. The lowest BCUT2D eigenvalue weighted by Crippen LogP contribution is -1.98. The Morgan fingerprint density at radius 1 is 0.905 bits per heavy atom. The molecule has 0 bridgehead atoms. The van der Waals surface area contributed by atoms with E-state index in [0.29, 0.717) is 5.56 Å². The summed E-state index contributed by atoms with van der Waals surface area (Å²) in [5, 5.41) is 2.36. The van der Waals surface area contributed by atoms with Crippen molar-refractivity contribution in [2.75, 3.05) is 0 Å². The van der Waals surface area contributed by atoms with Crippen molar-refractivity contribution < 1.29 is 4.39 Å². The van der Waals surface area contributed by atoms with Crippen molar-refractivity contribution in [1.29, 1.82) is 0 Å². The Labute approximate surface area is 140 Å². The van der Waals surface area contributed by atoms with Crippen molar-refractivity contribution in [3.05, 3.63) is 81.6 Å². The number of fused-ring (bicyclic) bond motifs is 1. The Balaban J connectivity index is 2.18. The molecular formula is C18H13Br2F. The quantitative estimate of drug-likeness (QED) is 0.423. The number of halogens is 3. The van der Waals surface area contributed by atoms with Gasteiger partial charge in [-0.3, -0.25) is 0 Å². The second kappa shape index (κ2) is 5.90. The van der Waals surface area contributed by atoms with Crippen LogP contribution in [0.15, 0.2) is 59.1 Å². The Hall–Kier alpha value is -1.19. The number of benzene rings is 3. The predicted molar refractivity (Wildman–Crippen MR) is 93.6 cm³/mol. The molecule has 1 unspecified atom stereocenters. The fourth-order valence-electron chi connectivity index (χ4n) is 2.57. The molecule has 0 amide bonds. The molecule has 3 heteroatoms. The molecule has 0 spiro atoms. The molecule has 0 radical (unpaired) electrons. The number of hydrogen-bond acceptors (Lipinski definition) is 0. The Bertz CT molecular complexity index is 811. The van der Waals surface area contributed by atoms with E-state index in [1.807, 2.05) is 24.3 Å². The van der Waals surface area contributed by atoms with Crippen LogP contribution in [0.3, 0.4) is 0 Å². The van der Waals surface area contributed by atoms with Crippen molar-refractivity contribution in [3.8, 4) is 0 Å². The Morgan fingerprint density at radius 3 is 2.29 bits per heavy atom. The summed E-state index contributed by atoms with van der Waals surface area (Å²) >= 11 is 6.96. The van der Waals surface area contributed by atoms with Gasteiger partial charge in [0.05, 0.1) is 4.83 Å². The van der Waals surface area contributed by atoms with Crippen LogP contribution in [0.4, 0.5) is 4.39 Å². The molecule has 1 atom stereocenters. The molecule has 21 heavy (non-hydrogen) atoms. The number of aryl methyl sites for hydroxylation is 1. The third-order valence-corrected chi connectivity index (χ3v) is 5.16. The normalized spacial score (nSPS) is 12.6. The largest absolute Gasteiger partial charge is 0.207 e. The summed E-state index contributed by atoms with van der Waals surface area (Å²) < 4.78 is 15.0. The van der Waals surface area contributed by atoms with Crippen LogP contribution in [0.1, 0.15) is 21.5 Å². The number of hydrogen-bond donors (Lipinski definition) is 0. The zero-order chi connectivity index (χ0) is 15.0. The lowest BCUT2D eigenvalue weighted by atomic mass is 9.95. The second-order valence-electron chi connectivity index (χ2n) is 5.05. The summed E-state index contributed by atoms with van der Waals surface area (Å²) in [6.45, 7) is 2.09. The first-order valence-corrected chi connectivity index (χ1v) is 8.36. The summed E-state index contributed by atoms with van der Waals surface area (Å²) in [6.07, 6.45) is 0. The van der Waals surface area contributed by atoms with Crippen LogP contribution in [0.2, 0.25) is 0 Å². The zero-order valence-corrected chi connectivity index (χ0v) is 14.6. The molecule has 0 aliphatic heterocycles. The van der Waals surface area contributed by atoms with Crippen LogP contribution in [-0.4, -0.2) is 0 Å². The molecule has 0 fully saturated rings. The molecule has 3 rings (SSSR count). The van der Waals surface area contributed by atoms with Gasteiger partial charge in [0.15, 0.2) is 0 Å². The molecule has 106 valence electrons. The van der Waals surface area contributed by atoms with Crippen molar-refractivity contribution in [2.24, 2.45) is 0 Å². The van der Waals surface area contributed by atoms with Crippen LogP contribution in [0, 0.1) is 12.7 Å². The van der Waals surface area contributed by atoms with Gasteiger partial charge in [-0.1, -0.05) is 74.3 Å². The van der Waals surface area contributed by atoms with E-state index in [2.05, 4.69) is 63.0 Å². The maximum Gasteiger partial charge on any atom is 0.129 e. The van der Waals surface area contributed by atoms with Gasteiger partial charge in [-0.15, -0.1) is 0 Å². The van der Waals surface area contributed by atoms with Crippen molar-refractivity contribution >= 4 is 42.6 Å². The summed E-state index contributed by atoms with van der Waals surface area (Å²) in [5.41, 5.74) is 2.95. The van der Waals surface area contributed by atoms with Crippen LogP contribution < -0.4 is 0 Å². The lowest BCUT2D eigenvalue weighted by molar-refractivity contribution is 0.613. The highest BCUT2D eigenvalue weighted by Crippen LogP contribution is 2.37. The van der Waals surface area contributed by atoms with Gasteiger partial charge in [0.2, 0.25) is 0 Å². The molecule has 0 N–H and O–H groups in total. The van der Waals surface area contributed by atoms with E-state index in [4.69, 9.17) is 0 Å². The average molecular weight is 408 g/mol. The second-order valence-corrected chi connectivity index (χ2v) is 6.88. The van der Waals surface area contributed by atoms with Crippen molar-refractivity contribution in [1.82, 2.24) is 0 Å².